The second-order valence-corrected chi connectivity index (χ2v) is 5.64. The van der Waals surface area contributed by atoms with Crippen molar-refractivity contribution in [2.45, 2.75) is 6.18 Å². The summed E-state index contributed by atoms with van der Waals surface area (Å²) >= 11 is 12.5. The fraction of sp³-hybridized carbons (Fsp3) is 0.143. The molecule has 9 heteroatoms. The summed E-state index contributed by atoms with van der Waals surface area (Å²) in [6, 6.07) is 0. The van der Waals surface area contributed by atoms with Crippen LogP contribution in [0.25, 0.3) is 9.40 Å². The molecule has 0 atom stereocenters. The van der Waals surface area contributed by atoms with Crippen molar-refractivity contribution in [3.8, 4) is 0 Å². The number of hydrogen-bond donors (Lipinski definition) is 0. The first-order chi connectivity index (χ1) is 7.30. The van der Waals surface area contributed by atoms with Gasteiger partial charge >= 0.3 is 6.18 Å². The second-order valence-electron chi connectivity index (χ2n) is 2.68. The molecule has 0 saturated heterocycles. The Balaban J connectivity index is 2.90. The smallest absolute Gasteiger partial charge is 0.265 e. The lowest BCUT2D eigenvalue weighted by atomic mass is 10.3. The maximum Gasteiger partial charge on any atom is 0.434 e. The van der Waals surface area contributed by atoms with E-state index in [1.165, 1.54) is 0 Å². The van der Waals surface area contributed by atoms with Gasteiger partial charge in [-0.1, -0.05) is 45.9 Å². The third kappa shape index (κ3) is 1.92. The van der Waals surface area contributed by atoms with Crippen molar-refractivity contribution in [3.63, 3.8) is 0 Å². The van der Waals surface area contributed by atoms with Gasteiger partial charge in [0, 0.05) is 0 Å². The Labute approximate surface area is 104 Å². The van der Waals surface area contributed by atoms with Gasteiger partial charge in [0.25, 0.3) is 4.06 Å². The Hall–Kier alpha value is -0.370. The number of alkyl halides is 3. The molecule has 0 aliphatic heterocycles. The number of aromatic nitrogens is 1. The van der Waals surface area contributed by atoms with Gasteiger partial charge in [-0.15, -0.1) is 0 Å². The van der Waals surface area contributed by atoms with E-state index in [-0.39, 0.29) is 18.6 Å². The highest BCUT2D eigenvalue weighted by Crippen LogP contribution is 2.41. The third-order valence-corrected chi connectivity index (χ3v) is 4.69. The molecule has 2 aromatic rings. The average molecular weight is 306 g/mol. The first-order valence-corrected chi connectivity index (χ1v) is 6.05. The van der Waals surface area contributed by atoms with Crippen LogP contribution in [-0.2, 0) is 6.18 Å². The van der Waals surface area contributed by atoms with Crippen molar-refractivity contribution in [3.05, 3.63) is 24.7 Å². The highest BCUT2D eigenvalue weighted by atomic mass is 35.5. The molecule has 2 aromatic heterocycles. The van der Waals surface area contributed by atoms with Gasteiger partial charge in [0.2, 0.25) is 0 Å². The van der Waals surface area contributed by atoms with Crippen LogP contribution in [0, 0.1) is 0 Å². The quantitative estimate of drug-likeness (QED) is 0.687. The van der Waals surface area contributed by atoms with Crippen LogP contribution in [0.4, 0.5) is 13.2 Å². The number of nitrogens with zero attached hydrogens (tertiary/aromatic N) is 1. The minimum atomic E-state index is -4.69. The van der Waals surface area contributed by atoms with Gasteiger partial charge < -0.3 is 0 Å². The van der Waals surface area contributed by atoms with E-state index in [0.717, 1.165) is 11.3 Å². The van der Waals surface area contributed by atoms with E-state index in [2.05, 4.69) is 4.98 Å². The molecule has 86 valence electrons. The molecule has 0 bridgehead atoms. The fourth-order valence-corrected chi connectivity index (χ4v) is 3.77. The molecule has 16 heavy (non-hydrogen) atoms. The summed E-state index contributed by atoms with van der Waals surface area (Å²) in [6.45, 7) is 0. The van der Waals surface area contributed by atoms with Crippen LogP contribution in [0.3, 0.4) is 0 Å². The predicted molar refractivity (Wildman–Crippen MR) is 58.8 cm³/mol. The summed E-state index contributed by atoms with van der Waals surface area (Å²) in [7, 11) is 0. The molecule has 2 nitrogen and oxygen atoms in total. The Kier molecular flexibility index (Phi) is 2.90. The van der Waals surface area contributed by atoms with Gasteiger partial charge in [0.15, 0.2) is 5.69 Å². The number of hydrogen-bond acceptors (Lipinski definition) is 4. The van der Waals surface area contributed by atoms with Gasteiger partial charge in [-0.25, -0.2) is 4.98 Å². The molecule has 0 amide bonds. The average Bonchev–Trinajstić information content (AvgIpc) is 2.52. The lowest BCUT2D eigenvalue weighted by molar-refractivity contribution is -0.140. The Morgan fingerprint density at radius 2 is 1.69 bits per heavy atom. The van der Waals surface area contributed by atoms with Crippen molar-refractivity contribution in [1.29, 1.82) is 0 Å². The Morgan fingerprint density at radius 1 is 1.12 bits per heavy atom. The van der Waals surface area contributed by atoms with Crippen molar-refractivity contribution in [2.24, 2.45) is 0 Å². The monoisotopic (exact) mass is 305 g/mol. The summed E-state index contributed by atoms with van der Waals surface area (Å²) in [6.07, 6.45) is -4.69. The van der Waals surface area contributed by atoms with Crippen molar-refractivity contribution in [2.75, 3.05) is 0 Å². The van der Waals surface area contributed by atoms with Crippen LogP contribution >= 0.6 is 45.9 Å². The number of pyridine rings is 1. The van der Waals surface area contributed by atoms with Crippen molar-refractivity contribution in [1.82, 2.24) is 4.98 Å². The largest absolute Gasteiger partial charge is 0.434 e. The molecule has 0 aliphatic carbocycles. The van der Waals surface area contributed by atoms with E-state index >= 15 is 0 Å². The van der Waals surface area contributed by atoms with E-state index in [4.69, 9.17) is 23.2 Å². The molecule has 2 rings (SSSR count). The number of halogens is 5. The molecule has 0 radical (unpaired) electrons. The zero-order valence-electron chi connectivity index (χ0n) is 7.06. The molecular weight excluding hydrogens is 306 g/mol. The molecular formula is C7Cl2F3NOS2. The highest BCUT2D eigenvalue weighted by Gasteiger charge is 2.37. The van der Waals surface area contributed by atoms with Crippen LogP contribution in [0.5, 0.6) is 0 Å². The number of fused-ring (bicyclic) bond motifs is 1. The zero-order valence-corrected chi connectivity index (χ0v) is 10.2. The maximum atomic E-state index is 12.5. The first-order valence-electron chi connectivity index (χ1n) is 3.66. The predicted octanol–water partition coefficient (Wildman–Crippen LogP) is 4.04. The highest BCUT2D eigenvalue weighted by molar-refractivity contribution is 7.36. The van der Waals surface area contributed by atoms with E-state index in [1.807, 2.05) is 0 Å². The van der Waals surface area contributed by atoms with E-state index in [0.29, 0.717) is 11.3 Å². The van der Waals surface area contributed by atoms with Gasteiger partial charge in [-0.3, -0.25) is 4.79 Å². The van der Waals surface area contributed by atoms with Crippen LogP contribution < -0.4 is 4.06 Å². The van der Waals surface area contributed by atoms with Gasteiger partial charge in [-0.05, 0) is 0 Å². The molecule has 0 unspecified atom stereocenters. The zero-order chi connectivity index (χ0) is 12.1. The van der Waals surface area contributed by atoms with Crippen LogP contribution in [-0.4, -0.2) is 4.98 Å². The van der Waals surface area contributed by atoms with Crippen LogP contribution in [0.2, 0.25) is 10.2 Å². The Morgan fingerprint density at radius 3 is 2.25 bits per heavy atom. The molecule has 0 saturated carbocycles. The van der Waals surface area contributed by atoms with E-state index < -0.39 is 16.9 Å². The summed E-state index contributed by atoms with van der Waals surface area (Å²) in [4.78, 5) is 14.2. The van der Waals surface area contributed by atoms with Crippen molar-refractivity contribution >= 4 is 55.3 Å². The molecule has 2 heterocycles. The van der Waals surface area contributed by atoms with Crippen LogP contribution in [0.15, 0.2) is 4.79 Å². The van der Waals surface area contributed by atoms with Gasteiger partial charge in [-0.2, -0.15) is 13.2 Å². The normalized spacial score (nSPS) is 12.3. The standard InChI is InChI=1S/C7Cl2F3NOS2/c8-1-2-3(16-6(14)15-2)5(9)13-4(1)7(10,11)12. The van der Waals surface area contributed by atoms with Gasteiger partial charge in [0.05, 0.1) is 14.4 Å². The molecule has 0 aromatic carbocycles. The molecule has 0 aliphatic rings. The molecule has 0 N–H and O–H groups in total. The lowest BCUT2D eigenvalue weighted by Crippen LogP contribution is -2.08. The van der Waals surface area contributed by atoms with E-state index in [1.54, 1.807) is 0 Å². The second kappa shape index (κ2) is 3.83. The lowest BCUT2D eigenvalue weighted by Gasteiger charge is -2.08. The minimum absolute atomic E-state index is 0.0315. The summed E-state index contributed by atoms with van der Waals surface area (Å²) in [5.74, 6) is 0. The fourth-order valence-electron chi connectivity index (χ4n) is 1.05. The summed E-state index contributed by atoms with van der Waals surface area (Å²) < 4.78 is 37.3. The number of rotatable bonds is 0. The summed E-state index contributed by atoms with van der Waals surface area (Å²) in [5.41, 5.74) is -1.26. The first kappa shape index (κ1) is 12.1. The maximum absolute atomic E-state index is 12.5. The topological polar surface area (TPSA) is 30.0 Å². The molecule has 0 spiro atoms. The van der Waals surface area contributed by atoms with E-state index in [9.17, 15) is 18.0 Å². The minimum Gasteiger partial charge on any atom is -0.265 e. The Bertz CT molecular complexity index is 618. The van der Waals surface area contributed by atoms with Gasteiger partial charge in [0.1, 0.15) is 5.15 Å². The van der Waals surface area contributed by atoms with Crippen LogP contribution in [0.1, 0.15) is 5.69 Å². The van der Waals surface area contributed by atoms with Crippen molar-refractivity contribution < 1.29 is 13.2 Å². The molecule has 0 fully saturated rings. The SMILES string of the molecule is O=c1sc2c(Cl)nc(C(F)(F)F)c(Cl)c2s1. The summed E-state index contributed by atoms with van der Waals surface area (Å²) in [5, 5.41) is -0.926. The third-order valence-electron chi connectivity index (χ3n) is 1.65.